The molecule has 0 spiro atoms. The van der Waals surface area contributed by atoms with Crippen LogP contribution in [-0.4, -0.2) is 23.5 Å². The zero-order chi connectivity index (χ0) is 14.4. The molecule has 20 heavy (non-hydrogen) atoms. The summed E-state index contributed by atoms with van der Waals surface area (Å²) in [5.41, 5.74) is 0.956. The molecule has 0 aliphatic carbocycles. The fourth-order valence-electron chi connectivity index (χ4n) is 1.58. The number of phenolic OH excluding ortho intramolecular Hbond substituents is 1. The third kappa shape index (κ3) is 3.83. The molecule has 6 heteroatoms. The molecule has 2 rings (SSSR count). The summed E-state index contributed by atoms with van der Waals surface area (Å²) in [6, 6.07) is 8.22. The maximum atomic E-state index is 11.7. The maximum Gasteiger partial charge on any atom is 0.252 e. The van der Waals surface area contributed by atoms with Gasteiger partial charge in [0.2, 0.25) is 5.91 Å². The zero-order valence-electron chi connectivity index (χ0n) is 10.6. The Morgan fingerprint density at radius 1 is 1.20 bits per heavy atom. The van der Waals surface area contributed by atoms with Gasteiger partial charge in [0.15, 0.2) is 0 Å². The van der Waals surface area contributed by atoms with Crippen LogP contribution >= 0.6 is 11.3 Å². The van der Waals surface area contributed by atoms with Crippen LogP contribution in [-0.2, 0) is 4.79 Å². The number of rotatable bonds is 5. The standard InChI is InChI=1S/C14H14N2O3S/c17-12-4-2-1-3-11(12)16-13(18)5-7-15-14(19)10-6-8-20-9-10/h1-4,6,8-9,17H,5,7H2,(H,15,19)(H,16,18). The number of carbonyl (C=O) groups excluding carboxylic acids is 2. The van der Waals surface area contributed by atoms with E-state index in [1.807, 2.05) is 5.38 Å². The number of hydrogen-bond donors (Lipinski definition) is 3. The summed E-state index contributed by atoms with van der Waals surface area (Å²) >= 11 is 1.44. The van der Waals surface area contributed by atoms with Crippen molar-refractivity contribution in [3.05, 3.63) is 46.7 Å². The number of amides is 2. The third-order valence-electron chi connectivity index (χ3n) is 2.60. The summed E-state index contributed by atoms with van der Waals surface area (Å²) in [6.45, 7) is 0.244. The Bertz CT molecular complexity index is 596. The average molecular weight is 290 g/mol. The first-order valence-corrected chi connectivity index (χ1v) is 6.99. The Labute approximate surface area is 120 Å². The minimum Gasteiger partial charge on any atom is -0.506 e. The Morgan fingerprint density at radius 2 is 2.00 bits per heavy atom. The first-order valence-electron chi connectivity index (χ1n) is 6.05. The van der Waals surface area contributed by atoms with Crippen molar-refractivity contribution in [2.75, 3.05) is 11.9 Å². The van der Waals surface area contributed by atoms with Gasteiger partial charge in [0, 0.05) is 23.9 Å². The van der Waals surface area contributed by atoms with E-state index in [1.54, 1.807) is 29.6 Å². The third-order valence-corrected chi connectivity index (χ3v) is 3.28. The molecule has 0 atom stereocenters. The van der Waals surface area contributed by atoms with Crippen LogP contribution in [0.5, 0.6) is 5.75 Å². The number of para-hydroxylation sites is 2. The first kappa shape index (κ1) is 14.1. The van der Waals surface area contributed by atoms with Crippen molar-refractivity contribution in [2.24, 2.45) is 0 Å². The molecule has 0 unspecified atom stereocenters. The lowest BCUT2D eigenvalue weighted by atomic mass is 10.2. The van der Waals surface area contributed by atoms with E-state index in [1.165, 1.54) is 17.4 Å². The molecule has 0 radical (unpaired) electrons. The van der Waals surface area contributed by atoms with Gasteiger partial charge in [0.1, 0.15) is 5.75 Å². The molecule has 3 N–H and O–H groups in total. The predicted molar refractivity (Wildman–Crippen MR) is 78.0 cm³/mol. The van der Waals surface area contributed by atoms with E-state index >= 15 is 0 Å². The van der Waals surface area contributed by atoms with Crippen molar-refractivity contribution < 1.29 is 14.7 Å². The van der Waals surface area contributed by atoms with Crippen LogP contribution in [0, 0.1) is 0 Å². The second-order valence-corrected chi connectivity index (χ2v) is 4.86. The smallest absolute Gasteiger partial charge is 0.252 e. The highest BCUT2D eigenvalue weighted by Gasteiger charge is 2.08. The monoisotopic (exact) mass is 290 g/mol. The Hall–Kier alpha value is -2.34. The van der Waals surface area contributed by atoms with Gasteiger partial charge >= 0.3 is 0 Å². The Morgan fingerprint density at radius 3 is 2.70 bits per heavy atom. The summed E-state index contributed by atoms with van der Waals surface area (Å²) < 4.78 is 0. The molecular formula is C14H14N2O3S. The summed E-state index contributed by atoms with van der Waals surface area (Å²) in [4.78, 5) is 23.3. The summed E-state index contributed by atoms with van der Waals surface area (Å²) in [5.74, 6) is -0.443. The molecule has 5 nitrogen and oxygen atoms in total. The van der Waals surface area contributed by atoms with E-state index in [9.17, 15) is 14.7 Å². The lowest BCUT2D eigenvalue weighted by Gasteiger charge is -2.07. The van der Waals surface area contributed by atoms with E-state index in [0.717, 1.165) is 0 Å². The molecule has 2 aromatic rings. The van der Waals surface area contributed by atoms with Crippen LogP contribution in [0.15, 0.2) is 41.1 Å². The van der Waals surface area contributed by atoms with Crippen LogP contribution in [0.3, 0.4) is 0 Å². The second kappa shape index (κ2) is 6.72. The number of anilines is 1. The van der Waals surface area contributed by atoms with Crippen molar-refractivity contribution in [3.8, 4) is 5.75 Å². The Kier molecular flexibility index (Phi) is 4.73. The van der Waals surface area contributed by atoms with Gasteiger partial charge < -0.3 is 15.7 Å². The lowest BCUT2D eigenvalue weighted by molar-refractivity contribution is -0.116. The highest BCUT2D eigenvalue weighted by molar-refractivity contribution is 7.08. The van der Waals surface area contributed by atoms with Crippen molar-refractivity contribution in [1.29, 1.82) is 0 Å². The normalized spacial score (nSPS) is 10.0. The zero-order valence-corrected chi connectivity index (χ0v) is 11.4. The van der Waals surface area contributed by atoms with Gasteiger partial charge in [-0.05, 0) is 23.6 Å². The van der Waals surface area contributed by atoms with Crippen molar-refractivity contribution >= 4 is 28.8 Å². The quantitative estimate of drug-likeness (QED) is 0.739. The average Bonchev–Trinajstić information content (AvgIpc) is 2.95. The SMILES string of the molecule is O=C(CCNC(=O)c1ccsc1)Nc1ccccc1O. The van der Waals surface area contributed by atoms with Crippen LogP contribution in [0.1, 0.15) is 16.8 Å². The topological polar surface area (TPSA) is 78.4 Å². The van der Waals surface area contributed by atoms with E-state index in [-0.39, 0.29) is 30.5 Å². The highest BCUT2D eigenvalue weighted by Crippen LogP contribution is 2.21. The van der Waals surface area contributed by atoms with Crippen LogP contribution in [0.4, 0.5) is 5.69 Å². The molecule has 104 valence electrons. The molecule has 0 bridgehead atoms. The van der Waals surface area contributed by atoms with Crippen molar-refractivity contribution in [3.63, 3.8) is 0 Å². The predicted octanol–water partition coefficient (Wildman–Crippen LogP) is 2.21. The van der Waals surface area contributed by atoms with Crippen molar-refractivity contribution in [2.45, 2.75) is 6.42 Å². The fourth-order valence-corrected chi connectivity index (χ4v) is 2.21. The Balaban J connectivity index is 1.76. The van der Waals surface area contributed by atoms with E-state index in [4.69, 9.17) is 0 Å². The second-order valence-electron chi connectivity index (χ2n) is 4.08. The summed E-state index contributed by atoms with van der Waals surface area (Å²) in [7, 11) is 0. The van der Waals surface area contributed by atoms with Crippen LogP contribution in [0.2, 0.25) is 0 Å². The molecule has 0 saturated heterocycles. The van der Waals surface area contributed by atoms with Gasteiger partial charge in [-0.3, -0.25) is 9.59 Å². The molecule has 1 aromatic carbocycles. The largest absolute Gasteiger partial charge is 0.506 e. The molecule has 1 heterocycles. The number of phenols is 1. The molecule has 0 aliphatic rings. The molecular weight excluding hydrogens is 276 g/mol. The molecule has 0 fully saturated rings. The number of nitrogens with one attached hydrogen (secondary N) is 2. The molecule has 1 aromatic heterocycles. The summed E-state index contributed by atoms with van der Waals surface area (Å²) in [6.07, 6.45) is 0.143. The minimum absolute atomic E-state index is 0.0168. The van der Waals surface area contributed by atoms with E-state index < -0.39 is 0 Å². The van der Waals surface area contributed by atoms with Crippen molar-refractivity contribution in [1.82, 2.24) is 5.32 Å². The molecule has 0 aliphatic heterocycles. The summed E-state index contributed by atoms with van der Waals surface area (Å²) in [5, 5.41) is 18.3. The van der Waals surface area contributed by atoms with E-state index in [0.29, 0.717) is 11.3 Å². The van der Waals surface area contributed by atoms with Gasteiger partial charge in [-0.15, -0.1) is 0 Å². The van der Waals surface area contributed by atoms with Gasteiger partial charge in [-0.1, -0.05) is 12.1 Å². The molecule has 0 saturated carbocycles. The van der Waals surface area contributed by atoms with Crippen LogP contribution in [0.25, 0.3) is 0 Å². The van der Waals surface area contributed by atoms with E-state index in [2.05, 4.69) is 10.6 Å². The van der Waals surface area contributed by atoms with Gasteiger partial charge in [-0.2, -0.15) is 11.3 Å². The molecule has 2 amide bonds. The fraction of sp³-hybridized carbons (Fsp3) is 0.143. The minimum atomic E-state index is -0.267. The van der Waals surface area contributed by atoms with Gasteiger partial charge in [-0.25, -0.2) is 0 Å². The number of hydrogen-bond acceptors (Lipinski definition) is 4. The number of aromatic hydroxyl groups is 1. The van der Waals surface area contributed by atoms with Gasteiger partial charge in [0.25, 0.3) is 5.91 Å². The van der Waals surface area contributed by atoms with Crippen LogP contribution < -0.4 is 10.6 Å². The number of thiophene rings is 1. The first-order chi connectivity index (χ1) is 9.66. The highest BCUT2D eigenvalue weighted by atomic mass is 32.1. The number of carbonyl (C=O) groups is 2. The maximum absolute atomic E-state index is 11.7. The lowest BCUT2D eigenvalue weighted by Crippen LogP contribution is -2.27. The number of benzene rings is 1. The van der Waals surface area contributed by atoms with Gasteiger partial charge in [0.05, 0.1) is 5.69 Å².